The summed E-state index contributed by atoms with van der Waals surface area (Å²) in [6, 6.07) is 17.2. The van der Waals surface area contributed by atoms with E-state index in [0.29, 0.717) is 13.2 Å². The van der Waals surface area contributed by atoms with Gasteiger partial charge < -0.3 is 13.7 Å². The maximum Gasteiger partial charge on any atom is 0.271 e. The fourth-order valence-corrected chi connectivity index (χ4v) is 5.02. The second kappa shape index (κ2) is 10.2. The molecule has 1 heterocycles. The van der Waals surface area contributed by atoms with E-state index in [-0.39, 0.29) is 27.9 Å². The van der Waals surface area contributed by atoms with Crippen LogP contribution in [0.1, 0.15) is 39.7 Å². The third-order valence-corrected chi connectivity index (χ3v) is 11.3. The molecule has 0 aliphatic rings. The first-order chi connectivity index (χ1) is 15.5. The summed E-state index contributed by atoms with van der Waals surface area (Å²) in [6.07, 6.45) is 2.59. The Morgan fingerprint density at radius 2 is 1.79 bits per heavy atom. The van der Waals surface area contributed by atoms with Crippen LogP contribution in [0.4, 0.5) is 5.69 Å². The van der Waals surface area contributed by atoms with Crippen LogP contribution in [0.3, 0.4) is 0 Å². The molecule has 0 amide bonds. The normalized spacial score (nSPS) is 14.4. The summed E-state index contributed by atoms with van der Waals surface area (Å²) in [5.74, 6) is 0. The van der Waals surface area contributed by atoms with Crippen LogP contribution in [0.2, 0.25) is 18.1 Å². The van der Waals surface area contributed by atoms with E-state index in [1.807, 2.05) is 30.5 Å². The van der Waals surface area contributed by atoms with Crippen molar-refractivity contribution in [1.29, 1.82) is 0 Å². The molecule has 0 saturated carbocycles. The van der Waals surface area contributed by atoms with E-state index in [1.165, 1.54) is 0 Å². The molecular formula is C26H36N2O4Si. The standard InChI is InChI=1S/C26H36N2O4Si/c1-20(31-19-21-10-8-7-9-11-21)25(32-33(5,6)26(2,3)4)15-17-27-16-14-22-12-13-23(28(29)30)18-24(22)27/h7-14,16,18,20,25H,15,17,19H2,1-6H3/t20-,25-/m0/s1. The first-order valence-electron chi connectivity index (χ1n) is 11.5. The van der Waals surface area contributed by atoms with Gasteiger partial charge >= 0.3 is 0 Å². The Bertz CT molecular complexity index is 1070. The van der Waals surface area contributed by atoms with Crippen molar-refractivity contribution in [3.05, 3.63) is 76.5 Å². The molecule has 0 N–H and O–H groups in total. The van der Waals surface area contributed by atoms with Crippen molar-refractivity contribution < 1.29 is 14.1 Å². The molecule has 178 valence electrons. The van der Waals surface area contributed by atoms with Gasteiger partial charge in [-0.2, -0.15) is 0 Å². The number of aromatic nitrogens is 1. The van der Waals surface area contributed by atoms with Crippen LogP contribution in [0.5, 0.6) is 0 Å². The van der Waals surface area contributed by atoms with E-state index < -0.39 is 8.32 Å². The molecule has 0 radical (unpaired) electrons. The van der Waals surface area contributed by atoms with Crippen molar-refractivity contribution in [1.82, 2.24) is 4.57 Å². The number of hydrogen-bond donors (Lipinski definition) is 0. The highest BCUT2D eigenvalue weighted by Gasteiger charge is 2.40. The highest BCUT2D eigenvalue weighted by atomic mass is 28.4. The molecule has 0 unspecified atom stereocenters. The number of non-ortho nitro benzene ring substituents is 1. The van der Waals surface area contributed by atoms with Gasteiger partial charge in [-0.15, -0.1) is 0 Å². The smallest absolute Gasteiger partial charge is 0.271 e. The molecule has 0 fully saturated rings. The Kier molecular flexibility index (Phi) is 7.77. The minimum atomic E-state index is -2.02. The van der Waals surface area contributed by atoms with E-state index in [4.69, 9.17) is 9.16 Å². The first-order valence-corrected chi connectivity index (χ1v) is 14.5. The fraction of sp³-hybridized carbons (Fsp3) is 0.462. The maximum absolute atomic E-state index is 11.2. The SMILES string of the molecule is C[C@H](OCc1ccccc1)[C@H](CCn1ccc2ccc([N+](=O)[O-])cc21)O[Si](C)(C)C(C)(C)C. The van der Waals surface area contributed by atoms with Gasteiger partial charge in [0.25, 0.3) is 5.69 Å². The zero-order valence-electron chi connectivity index (χ0n) is 20.6. The predicted octanol–water partition coefficient (Wildman–Crippen LogP) is 6.94. The molecule has 2 aromatic carbocycles. The molecule has 2 atom stereocenters. The lowest BCUT2D eigenvalue weighted by Gasteiger charge is -2.41. The molecule has 1 aromatic heterocycles. The number of ether oxygens (including phenoxy) is 1. The molecule has 6 nitrogen and oxygen atoms in total. The van der Waals surface area contributed by atoms with E-state index in [2.05, 4.69) is 57.5 Å². The number of nitro groups is 1. The monoisotopic (exact) mass is 468 g/mol. The van der Waals surface area contributed by atoms with Crippen LogP contribution < -0.4 is 0 Å². The van der Waals surface area contributed by atoms with Gasteiger partial charge in [0.1, 0.15) is 0 Å². The lowest BCUT2D eigenvalue weighted by atomic mass is 10.1. The highest BCUT2D eigenvalue weighted by Crippen LogP contribution is 2.38. The van der Waals surface area contributed by atoms with E-state index in [0.717, 1.165) is 22.9 Å². The second-order valence-corrected chi connectivity index (χ2v) is 15.0. The Morgan fingerprint density at radius 1 is 1.09 bits per heavy atom. The van der Waals surface area contributed by atoms with Gasteiger partial charge in [-0.25, -0.2) is 0 Å². The number of hydrogen-bond acceptors (Lipinski definition) is 4. The van der Waals surface area contributed by atoms with Crippen molar-refractivity contribution in [3.8, 4) is 0 Å². The lowest BCUT2D eigenvalue weighted by Crippen LogP contribution is -2.47. The molecular weight excluding hydrogens is 432 g/mol. The number of nitro benzene ring substituents is 1. The van der Waals surface area contributed by atoms with Crippen molar-refractivity contribution >= 4 is 24.9 Å². The number of rotatable bonds is 10. The third kappa shape index (κ3) is 6.31. The summed E-state index contributed by atoms with van der Waals surface area (Å²) in [5.41, 5.74) is 2.11. The lowest BCUT2D eigenvalue weighted by molar-refractivity contribution is -0.384. The Hall–Kier alpha value is -2.48. The summed E-state index contributed by atoms with van der Waals surface area (Å²) >= 11 is 0. The van der Waals surface area contributed by atoms with Crippen LogP contribution in [-0.2, 0) is 22.3 Å². The third-order valence-electron chi connectivity index (χ3n) is 6.75. The maximum atomic E-state index is 11.2. The molecule has 0 spiro atoms. The number of benzene rings is 2. The largest absolute Gasteiger partial charge is 0.411 e. The molecule has 33 heavy (non-hydrogen) atoms. The van der Waals surface area contributed by atoms with Gasteiger partial charge in [-0.1, -0.05) is 51.1 Å². The van der Waals surface area contributed by atoms with Crippen LogP contribution in [0, 0.1) is 10.1 Å². The summed E-state index contributed by atoms with van der Waals surface area (Å²) in [7, 11) is -2.02. The van der Waals surface area contributed by atoms with Gasteiger partial charge in [-0.3, -0.25) is 10.1 Å². The average Bonchev–Trinajstić information content (AvgIpc) is 3.17. The van der Waals surface area contributed by atoms with Crippen molar-refractivity contribution in [2.75, 3.05) is 0 Å². The molecule has 0 saturated heterocycles. The molecule has 3 rings (SSSR count). The average molecular weight is 469 g/mol. The van der Waals surface area contributed by atoms with Gasteiger partial charge in [-0.05, 0) is 49.2 Å². The summed E-state index contributed by atoms with van der Waals surface area (Å²) in [6.45, 7) is 14.6. The summed E-state index contributed by atoms with van der Waals surface area (Å²) < 4.78 is 15.2. The summed E-state index contributed by atoms with van der Waals surface area (Å²) in [4.78, 5) is 10.9. The van der Waals surface area contributed by atoms with Crippen LogP contribution >= 0.6 is 0 Å². The Balaban J connectivity index is 1.78. The van der Waals surface area contributed by atoms with Gasteiger partial charge in [0.2, 0.25) is 0 Å². The fourth-order valence-electron chi connectivity index (χ4n) is 3.60. The quantitative estimate of drug-likeness (QED) is 0.184. The predicted molar refractivity (Wildman–Crippen MR) is 136 cm³/mol. The van der Waals surface area contributed by atoms with E-state index in [9.17, 15) is 10.1 Å². The summed E-state index contributed by atoms with van der Waals surface area (Å²) in [5, 5.41) is 12.3. The highest BCUT2D eigenvalue weighted by molar-refractivity contribution is 6.74. The van der Waals surface area contributed by atoms with Crippen LogP contribution in [0.25, 0.3) is 10.9 Å². The number of nitrogens with zero attached hydrogens (tertiary/aromatic N) is 2. The molecule has 0 bridgehead atoms. The minimum Gasteiger partial charge on any atom is -0.411 e. The van der Waals surface area contributed by atoms with Gasteiger partial charge in [0, 0.05) is 30.3 Å². The van der Waals surface area contributed by atoms with Crippen LogP contribution in [0.15, 0.2) is 60.8 Å². The minimum absolute atomic E-state index is 0.0780. The van der Waals surface area contributed by atoms with Crippen molar-refractivity contribution in [3.63, 3.8) is 0 Å². The molecule has 3 aromatic rings. The van der Waals surface area contributed by atoms with Gasteiger partial charge in [0.15, 0.2) is 8.32 Å². The van der Waals surface area contributed by atoms with E-state index in [1.54, 1.807) is 18.2 Å². The van der Waals surface area contributed by atoms with Crippen LogP contribution in [-0.4, -0.2) is 30.0 Å². The van der Waals surface area contributed by atoms with Gasteiger partial charge in [0.05, 0.1) is 29.3 Å². The zero-order valence-corrected chi connectivity index (χ0v) is 21.6. The molecule has 7 heteroatoms. The second-order valence-electron chi connectivity index (χ2n) is 10.2. The van der Waals surface area contributed by atoms with E-state index >= 15 is 0 Å². The molecule has 0 aliphatic heterocycles. The van der Waals surface area contributed by atoms with Crippen molar-refractivity contribution in [2.24, 2.45) is 0 Å². The Morgan fingerprint density at radius 3 is 2.42 bits per heavy atom. The Labute approximate surface area is 197 Å². The van der Waals surface area contributed by atoms with Crippen molar-refractivity contribution in [2.45, 2.75) is 77.6 Å². The number of aryl methyl sites for hydroxylation is 1. The molecule has 0 aliphatic carbocycles. The first kappa shape index (κ1) is 25.1. The topological polar surface area (TPSA) is 66.5 Å². The number of fused-ring (bicyclic) bond motifs is 1. The zero-order chi connectivity index (χ0) is 24.2.